The molecule has 0 radical (unpaired) electrons. The van der Waals surface area contributed by atoms with Crippen molar-refractivity contribution in [1.29, 1.82) is 0 Å². The van der Waals surface area contributed by atoms with Crippen molar-refractivity contribution >= 4 is 17.2 Å². The minimum Gasteiger partial charge on any atom is -0.348 e. The first-order chi connectivity index (χ1) is 10.1. The van der Waals surface area contributed by atoms with Gasteiger partial charge in [-0.05, 0) is 50.6 Å². The van der Waals surface area contributed by atoms with Crippen LogP contribution in [0.3, 0.4) is 0 Å². The SMILES string of the molecule is CCN(CC(=O)NC(C)c1cccs1)C1CCC(N)CC1. The number of nitrogens with one attached hydrogen (secondary N) is 1. The number of nitrogens with zero attached hydrogens (tertiary/aromatic N) is 1. The molecular formula is C16H27N3OS. The van der Waals surface area contributed by atoms with E-state index in [2.05, 4.69) is 23.2 Å². The third-order valence-electron chi connectivity index (χ3n) is 4.36. The van der Waals surface area contributed by atoms with Gasteiger partial charge in [-0.15, -0.1) is 11.3 Å². The van der Waals surface area contributed by atoms with Gasteiger partial charge in [0.25, 0.3) is 0 Å². The zero-order valence-electron chi connectivity index (χ0n) is 13.0. The lowest BCUT2D eigenvalue weighted by Gasteiger charge is -2.35. The van der Waals surface area contributed by atoms with E-state index in [4.69, 9.17) is 5.73 Å². The Kier molecular flexibility index (Phi) is 6.21. The van der Waals surface area contributed by atoms with E-state index in [1.807, 2.05) is 18.4 Å². The van der Waals surface area contributed by atoms with E-state index in [9.17, 15) is 4.79 Å². The Labute approximate surface area is 131 Å². The highest BCUT2D eigenvalue weighted by Gasteiger charge is 2.25. The first-order valence-electron chi connectivity index (χ1n) is 7.92. The summed E-state index contributed by atoms with van der Waals surface area (Å²) >= 11 is 1.68. The molecule has 1 aromatic rings. The van der Waals surface area contributed by atoms with Gasteiger partial charge in [0.15, 0.2) is 0 Å². The van der Waals surface area contributed by atoms with Gasteiger partial charge < -0.3 is 11.1 Å². The largest absolute Gasteiger partial charge is 0.348 e. The zero-order valence-corrected chi connectivity index (χ0v) is 13.9. The monoisotopic (exact) mass is 309 g/mol. The van der Waals surface area contributed by atoms with Crippen molar-refractivity contribution in [3.05, 3.63) is 22.4 Å². The Hall–Kier alpha value is -0.910. The predicted molar refractivity (Wildman–Crippen MR) is 88.4 cm³/mol. The lowest BCUT2D eigenvalue weighted by Crippen LogP contribution is -2.46. The molecule has 1 heterocycles. The van der Waals surface area contributed by atoms with Crippen molar-refractivity contribution in [2.45, 2.75) is 57.7 Å². The highest BCUT2D eigenvalue weighted by atomic mass is 32.1. The number of hydrogen-bond acceptors (Lipinski definition) is 4. The van der Waals surface area contributed by atoms with Gasteiger partial charge in [0, 0.05) is 17.0 Å². The number of thiophene rings is 1. The third-order valence-corrected chi connectivity index (χ3v) is 5.41. The summed E-state index contributed by atoms with van der Waals surface area (Å²) in [5, 5.41) is 5.14. The number of nitrogens with two attached hydrogens (primary N) is 1. The maximum absolute atomic E-state index is 12.3. The molecule has 5 heteroatoms. The molecule has 4 nitrogen and oxygen atoms in total. The van der Waals surface area contributed by atoms with E-state index in [0.29, 0.717) is 18.6 Å². The van der Waals surface area contributed by atoms with Gasteiger partial charge in [-0.2, -0.15) is 0 Å². The van der Waals surface area contributed by atoms with Gasteiger partial charge in [0.2, 0.25) is 5.91 Å². The number of likely N-dealkylation sites (N-methyl/N-ethyl adjacent to an activating group) is 1. The quantitative estimate of drug-likeness (QED) is 0.849. The van der Waals surface area contributed by atoms with Gasteiger partial charge in [-0.1, -0.05) is 13.0 Å². The van der Waals surface area contributed by atoms with Crippen LogP contribution in [0.4, 0.5) is 0 Å². The number of carbonyl (C=O) groups is 1. The predicted octanol–water partition coefficient (Wildman–Crippen LogP) is 2.52. The molecule has 1 amide bonds. The first kappa shape index (κ1) is 16.5. The molecular weight excluding hydrogens is 282 g/mol. The molecule has 1 aliphatic carbocycles. The van der Waals surface area contributed by atoms with E-state index < -0.39 is 0 Å². The Morgan fingerprint density at radius 1 is 1.48 bits per heavy atom. The van der Waals surface area contributed by atoms with Crippen LogP contribution in [0.5, 0.6) is 0 Å². The number of hydrogen-bond donors (Lipinski definition) is 2. The fraction of sp³-hybridized carbons (Fsp3) is 0.688. The van der Waals surface area contributed by atoms with Crippen LogP contribution < -0.4 is 11.1 Å². The summed E-state index contributed by atoms with van der Waals surface area (Å²) in [4.78, 5) is 15.7. The van der Waals surface area contributed by atoms with Crippen LogP contribution in [-0.4, -0.2) is 36.0 Å². The summed E-state index contributed by atoms with van der Waals surface area (Å²) in [5.74, 6) is 0.118. The molecule has 0 aromatic carbocycles. The lowest BCUT2D eigenvalue weighted by atomic mass is 9.90. The van der Waals surface area contributed by atoms with E-state index in [1.165, 1.54) is 4.88 Å². The van der Waals surface area contributed by atoms with Crippen LogP contribution in [0.1, 0.15) is 50.4 Å². The first-order valence-corrected chi connectivity index (χ1v) is 8.80. The molecule has 118 valence electrons. The summed E-state index contributed by atoms with van der Waals surface area (Å²) in [5.41, 5.74) is 5.96. The molecule has 21 heavy (non-hydrogen) atoms. The van der Waals surface area contributed by atoms with E-state index in [-0.39, 0.29) is 11.9 Å². The van der Waals surface area contributed by atoms with Gasteiger partial charge in [-0.25, -0.2) is 0 Å². The van der Waals surface area contributed by atoms with Gasteiger partial charge in [0.1, 0.15) is 0 Å². The van der Waals surface area contributed by atoms with Crippen molar-refractivity contribution in [3.63, 3.8) is 0 Å². The molecule has 0 aliphatic heterocycles. The molecule has 1 fully saturated rings. The van der Waals surface area contributed by atoms with Crippen molar-refractivity contribution in [2.75, 3.05) is 13.1 Å². The van der Waals surface area contributed by atoms with Crippen LogP contribution in [0.25, 0.3) is 0 Å². The molecule has 0 spiro atoms. The zero-order chi connectivity index (χ0) is 15.2. The Bertz CT molecular complexity index is 427. The van der Waals surface area contributed by atoms with Crippen LogP contribution in [-0.2, 0) is 4.79 Å². The van der Waals surface area contributed by atoms with Crippen molar-refractivity contribution < 1.29 is 4.79 Å². The molecule has 1 aromatic heterocycles. The number of carbonyl (C=O) groups excluding carboxylic acids is 1. The third kappa shape index (κ3) is 4.80. The molecule has 1 unspecified atom stereocenters. The lowest BCUT2D eigenvalue weighted by molar-refractivity contribution is -0.123. The van der Waals surface area contributed by atoms with Crippen LogP contribution >= 0.6 is 11.3 Å². The standard InChI is InChI=1S/C16H27N3OS/c1-3-19(14-8-6-13(17)7-9-14)11-16(20)18-12(2)15-5-4-10-21-15/h4-5,10,12-14H,3,6-9,11,17H2,1-2H3,(H,18,20). The summed E-state index contributed by atoms with van der Waals surface area (Å²) in [7, 11) is 0. The minimum atomic E-state index is 0.0935. The van der Waals surface area contributed by atoms with Crippen molar-refractivity contribution in [2.24, 2.45) is 5.73 Å². The van der Waals surface area contributed by atoms with Crippen LogP contribution in [0, 0.1) is 0 Å². The highest BCUT2D eigenvalue weighted by molar-refractivity contribution is 7.10. The van der Waals surface area contributed by atoms with Crippen LogP contribution in [0.15, 0.2) is 17.5 Å². The fourth-order valence-electron chi connectivity index (χ4n) is 3.05. The maximum atomic E-state index is 12.3. The molecule has 1 saturated carbocycles. The molecule has 1 atom stereocenters. The molecule has 3 N–H and O–H groups in total. The average molecular weight is 309 g/mol. The second-order valence-electron chi connectivity index (χ2n) is 5.94. The molecule has 1 aliphatic rings. The average Bonchev–Trinajstić information content (AvgIpc) is 3.00. The number of rotatable bonds is 6. The van der Waals surface area contributed by atoms with Crippen LogP contribution in [0.2, 0.25) is 0 Å². The Morgan fingerprint density at radius 3 is 2.76 bits per heavy atom. The Morgan fingerprint density at radius 2 is 2.19 bits per heavy atom. The second kappa shape index (κ2) is 7.92. The summed E-state index contributed by atoms with van der Waals surface area (Å²) in [6.45, 7) is 5.58. The normalized spacial score (nSPS) is 24.0. The maximum Gasteiger partial charge on any atom is 0.234 e. The number of amides is 1. The Balaban J connectivity index is 1.82. The van der Waals surface area contributed by atoms with Gasteiger partial charge >= 0.3 is 0 Å². The minimum absolute atomic E-state index is 0.0935. The van der Waals surface area contributed by atoms with Crippen molar-refractivity contribution in [3.8, 4) is 0 Å². The molecule has 2 rings (SSSR count). The van der Waals surface area contributed by atoms with E-state index in [0.717, 1.165) is 32.2 Å². The van der Waals surface area contributed by atoms with Crippen molar-refractivity contribution in [1.82, 2.24) is 10.2 Å². The topological polar surface area (TPSA) is 58.4 Å². The summed E-state index contributed by atoms with van der Waals surface area (Å²) < 4.78 is 0. The van der Waals surface area contributed by atoms with Gasteiger partial charge in [-0.3, -0.25) is 9.69 Å². The highest BCUT2D eigenvalue weighted by Crippen LogP contribution is 2.22. The van der Waals surface area contributed by atoms with Gasteiger partial charge in [0.05, 0.1) is 12.6 Å². The smallest absolute Gasteiger partial charge is 0.234 e. The second-order valence-corrected chi connectivity index (χ2v) is 6.92. The molecule has 0 bridgehead atoms. The van der Waals surface area contributed by atoms with E-state index in [1.54, 1.807) is 11.3 Å². The summed E-state index contributed by atoms with van der Waals surface area (Å²) in [6.07, 6.45) is 4.38. The molecule has 0 saturated heterocycles. The fourth-order valence-corrected chi connectivity index (χ4v) is 3.78. The van der Waals surface area contributed by atoms with E-state index >= 15 is 0 Å². The summed E-state index contributed by atoms with van der Waals surface area (Å²) in [6, 6.07) is 5.04.